The average molecular weight is 268 g/mol. The summed E-state index contributed by atoms with van der Waals surface area (Å²) in [5.74, 6) is -2.32. The summed E-state index contributed by atoms with van der Waals surface area (Å²) in [6.45, 7) is 0. The first-order valence-corrected chi connectivity index (χ1v) is 5.49. The molecular formula is C14H11F3O2. The smallest absolute Gasteiger partial charge is 0.135 e. The van der Waals surface area contributed by atoms with E-state index in [2.05, 4.69) is 0 Å². The molecule has 0 saturated heterocycles. The van der Waals surface area contributed by atoms with Gasteiger partial charge >= 0.3 is 0 Å². The Morgan fingerprint density at radius 1 is 1.00 bits per heavy atom. The van der Waals surface area contributed by atoms with Crippen LogP contribution >= 0.6 is 0 Å². The van der Waals surface area contributed by atoms with Crippen LogP contribution in [0.25, 0.3) is 0 Å². The summed E-state index contributed by atoms with van der Waals surface area (Å²) in [6, 6.07) is 6.71. The van der Waals surface area contributed by atoms with Gasteiger partial charge in [0, 0.05) is 12.1 Å². The second-order valence-corrected chi connectivity index (χ2v) is 3.96. The summed E-state index contributed by atoms with van der Waals surface area (Å²) in [6.07, 6.45) is -1.51. The van der Waals surface area contributed by atoms with Crippen LogP contribution in [0.15, 0.2) is 36.4 Å². The predicted molar refractivity (Wildman–Crippen MR) is 63.4 cm³/mol. The minimum atomic E-state index is -1.51. The lowest BCUT2D eigenvalue weighted by molar-refractivity contribution is 0.208. The van der Waals surface area contributed by atoms with Gasteiger partial charge in [-0.25, -0.2) is 13.2 Å². The number of halogens is 3. The number of aliphatic hydroxyl groups is 1. The molecule has 2 aromatic rings. The molecule has 0 aliphatic rings. The van der Waals surface area contributed by atoms with Crippen LogP contribution in [0, 0.1) is 17.5 Å². The Morgan fingerprint density at radius 2 is 1.53 bits per heavy atom. The van der Waals surface area contributed by atoms with Crippen molar-refractivity contribution in [2.24, 2.45) is 0 Å². The van der Waals surface area contributed by atoms with E-state index < -0.39 is 29.1 Å². The third-order valence-electron chi connectivity index (χ3n) is 2.75. The summed E-state index contributed by atoms with van der Waals surface area (Å²) in [5.41, 5.74) is -0.295. The predicted octanol–water partition coefficient (Wildman–Crippen LogP) is 3.19. The lowest BCUT2D eigenvalue weighted by atomic mass is 10.0. The van der Waals surface area contributed by atoms with Gasteiger partial charge < -0.3 is 9.84 Å². The van der Waals surface area contributed by atoms with E-state index in [0.29, 0.717) is 0 Å². The van der Waals surface area contributed by atoms with Crippen LogP contribution in [0.1, 0.15) is 17.2 Å². The van der Waals surface area contributed by atoms with E-state index in [4.69, 9.17) is 4.74 Å². The lowest BCUT2D eigenvalue weighted by Gasteiger charge is -2.14. The Hall–Kier alpha value is -2.01. The molecule has 19 heavy (non-hydrogen) atoms. The van der Waals surface area contributed by atoms with E-state index in [1.165, 1.54) is 19.2 Å². The fourth-order valence-electron chi connectivity index (χ4n) is 1.75. The van der Waals surface area contributed by atoms with Gasteiger partial charge in [0.25, 0.3) is 0 Å². The van der Waals surface area contributed by atoms with Gasteiger partial charge in [-0.15, -0.1) is 0 Å². The van der Waals surface area contributed by atoms with Crippen molar-refractivity contribution in [1.29, 1.82) is 0 Å². The zero-order valence-corrected chi connectivity index (χ0v) is 10.0. The van der Waals surface area contributed by atoms with Crippen LogP contribution in [0.2, 0.25) is 0 Å². The summed E-state index contributed by atoms with van der Waals surface area (Å²) in [5, 5.41) is 9.96. The fourth-order valence-corrected chi connectivity index (χ4v) is 1.75. The van der Waals surface area contributed by atoms with Crippen LogP contribution in [-0.2, 0) is 0 Å². The highest BCUT2D eigenvalue weighted by Crippen LogP contribution is 2.29. The van der Waals surface area contributed by atoms with Crippen LogP contribution < -0.4 is 4.74 Å². The second-order valence-electron chi connectivity index (χ2n) is 3.96. The second kappa shape index (κ2) is 5.32. The van der Waals surface area contributed by atoms with Crippen LogP contribution in [-0.4, -0.2) is 12.2 Å². The van der Waals surface area contributed by atoms with E-state index in [1.807, 2.05) is 0 Å². The van der Waals surface area contributed by atoms with Crippen molar-refractivity contribution in [3.05, 3.63) is 65.0 Å². The summed E-state index contributed by atoms with van der Waals surface area (Å²) >= 11 is 0. The normalized spacial score (nSPS) is 12.3. The third-order valence-corrected chi connectivity index (χ3v) is 2.75. The van der Waals surface area contributed by atoms with E-state index in [0.717, 1.165) is 24.3 Å². The molecule has 1 N–H and O–H groups in total. The number of hydrogen-bond acceptors (Lipinski definition) is 2. The van der Waals surface area contributed by atoms with Gasteiger partial charge in [-0.05, 0) is 17.7 Å². The zero-order valence-electron chi connectivity index (χ0n) is 10.0. The highest BCUT2D eigenvalue weighted by molar-refractivity contribution is 5.36. The van der Waals surface area contributed by atoms with Gasteiger partial charge in [0.15, 0.2) is 0 Å². The van der Waals surface area contributed by atoms with Gasteiger partial charge in [0.05, 0.1) is 12.7 Å². The van der Waals surface area contributed by atoms with Gasteiger partial charge in [-0.3, -0.25) is 0 Å². The number of rotatable bonds is 3. The Morgan fingerprint density at radius 3 is 2.00 bits per heavy atom. The molecule has 1 unspecified atom stereocenters. The minimum Gasteiger partial charge on any atom is -0.497 e. The maximum Gasteiger partial charge on any atom is 0.135 e. The number of hydrogen-bond donors (Lipinski definition) is 1. The van der Waals surface area contributed by atoms with E-state index >= 15 is 0 Å². The molecule has 0 fully saturated rings. The molecule has 0 bridgehead atoms. The van der Waals surface area contributed by atoms with E-state index in [9.17, 15) is 18.3 Å². The Balaban J connectivity index is 2.44. The topological polar surface area (TPSA) is 29.5 Å². The van der Waals surface area contributed by atoms with Gasteiger partial charge in [0.1, 0.15) is 29.3 Å². The molecule has 0 spiro atoms. The first-order valence-electron chi connectivity index (χ1n) is 5.49. The number of ether oxygens (including phenoxy) is 1. The summed E-state index contributed by atoms with van der Waals surface area (Å²) in [4.78, 5) is 0. The average Bonchev–Trinajstić information content (AvgIpc) is 2.38. The van der Waals surface area contributed by atoms with Crippen LogP contribution in [0.5, 0.6) is 5.75 Å². The van der Waals surface area contributed by atoms with Gasteiger partial charge in [-0.1, -0.05) is 12.1 Å². The van der Waals surface area contributed by atoms with Crippen LogP contribution in [0.4, 0.5) is 13.2 Å². The standard InChI is InChI=1S/C14H11F3O2/c1-19-10-6-11(16)13(12(17)7-10)14(18)8-2-4-9(15)5-3-8/h2-7,14,18H,1H3. The van der Waals surface area contributed by atoms with Crippen molar-refractivity contribution in [2.45, 2.75) is 6.10 Å². The number of methoxy groups -OCH3 is 1. The molecule has 2 rings (SSSR count). The Labute approximate surface area is 108 Å². The van der Waals surface area contributed by atoms with E-state index in [1.54, 1.807) is 0 Å². The lowest BCUT2D eigenvalue weighted by Crippen LogP contribution is -2.06. The summed E-state index contributed by atoms with van der Waals surface area (Å²) in [7, 11) is 1.28. The first-order chi connectivity index (χ1) is 9.02. The quantitative estimate of drug-likeness (QED) is 0.926. The molecular weight excluding hydrogens is 257 g/mol. The maximum atomic E-state index is 13.8. The third kappa shape index (κ3) is 2.71. The van der Waals surface area contributed by atoms with E-state index in [-0.39, 0.29) is 11.3 Å². The van der Waals surface area contributed by atoms with Gasteiger partial charge in [0.2, 0.25) is 0 Å². The van der Waals surface area contributed by atoms with Crippen molar-refractivity contribution in [1.82, 2.24) is 0 Å². The molecule has 100 valence electrons. The first kappa shape index (κ1) is 13.4. The van der Waals surface area contributed by atoms with Crippen molar-refractivity contribution in [3.63, 3.8) is 0 Å². The Bertz CT molecular complexity index is 559. The number of aliphatic hydroxyl groups excluding tert-OH is 1. The molecule has 0 amide bonds. The minimum absolute atomic E-state index is 0.0186. The largest absolute Gasteiger partial charge is 0.497 e. The van der Waals surface area contributed by atoms with Gasteiger partial charge in [-0.2, -0.15) is 0 Å². The van der Waals surface area contributed by atoms with Crippen molar-refractivity contribution in [2.75, 3.05) is 7.11 Å². The summed E-state index contributed by atoms with van der Waals surface area (Å²) < 4.78 is 45.0. The number of benzene rings is 2. The SMILES string of the molecule is COc1cc(F)c(C(O)c2ccc(F)cc2)c(F)c1. The van der Waals surface area contributed by atoms with Crippen molar-refractivity contribution >= 4 is 0 Å². The molecule has 2 nitrogen and oxygen atoms in total. The molecule has 0 aliphatic heterocycles. The highest BCUT2D eigenvalue weighted by atomic mass is 19.1. The molecule has 5 heteroatoms. The van der Waals surface area contributed by atoms with Crippen molar-refractivity contribution in [3.8, 4) is 5.75 Å². The fraction of sp³-hybridized carbons (Fsp3) is 0.143. The molecule has 2 aromatic carbocycles. The molecule has 0 aromatic heterocycles. The monoisotopic (exact) mass is 268 g/mol. The zero-order chi connectivity index (χ0) is 14.0. The maximum absolute atomic E-state index is 13.8. The highest BCUT2D eigenvalue weighted by Gasteiger charge is 2.21. The molecule has 0 heterocycles. The molecule has 0 aliphatic carbocycles. The molecule has 0 saturated carbocycles. The molecule has 1 atom stereocenters. The molecule has 0 radical (unpaired) electrons. The Kier molecular flexibility index (Phi) is 3.76. The van der Waals surface area contributed by atoms with Crippen molar-refractivity contribution < 1.29 is 23.0 Å². The van der Waals surface area contributed by atoms with Crippen LogP contribution in [0.3, 0.4) is 0 Å².